The number of fused-ring (bicyclic) bond motifs is 1. The van der Waals surface area contributed by atoms with Crippen molar-refractivity contribution in [1.82, 2.24) is 10.2 Å². The van der Waals surface area contributed by atoms with E-state index in [4.69, 9.17) is 4.74 Å². The molecule has 0 spiro atoms. The van der Waals surface area contributed by atoms with Crippen molar-refractivity contribution in [2.45, 2.75) is 19.4 Å². The van der Waals surface area contributed by atoms with E-state index >= 15 is 0 Å². The number of amides is 1. The summed E-state index contributed by atoms with van der Waals surface area (Å²) in [5, 5.41) is 3.30. The highest BCUT2D eigenvalue weighted by molar-refractivity contribution is 5.95. The van der Waals surface area contributed by atoms with Gasteiger partial charge in [0.2, 0.25) is 0 Å². The molecule has 0 bridgehead atoms. The highest BCUT2D eigenvalue weighted by Gasteiger charge is 2.25. The molecule has 4 nitrogen and oxygen atoms in total. The van der Waals surface area contributed by atoms with Gasteiger partial charge in [-0.1, -0.05) is 0 Å². The molecular formula is C14H18N2O2. The van der Waals surface area contributed by atoms with E-state index in [9.17, 15) is 4.79 Å². The zero-order chi connectivity index (χ0) is 12.5. The Bertz CT molecular complexity index is 473. The van der Waals surface area contributed by atoms with Gasteiger partial charge >= 0.3 is 0 Å². The first kappa shape index (κ1) is 11.5. The van der Waals surface area contributed by atoms with E-state index in [2.05, 4.69) is 12.2 Å². The van der Waals surface area contributed by atoms with E-state index in [1.54, 1.807) is 0 Å². The second kappa shape index (κ2) is 4.61. The number of benzene rings is 1. The predicted octanol–water partition coefficient (Wildman–Crippen LogP) is 1.06. The maximum Gasteiger partial charge on any atom is 0.254 e. The van der Waals surface area contributed by atoms with Crippen LogP contribution in [0.1, 0.15) is 22.8 Å². The fourth-order valence-electron chi connectivity index (χ4n) is 2.63. The first-order chi connectivity index (χ1) is 8.75. The third kappa shape index (κ3) is 1.97. The van der Waals surface area contributed by atoms with Crippen molar-refractivity contribution in [2.24, 2.45) is 0 Å². The molecule has 0 radical (unpaired) electrons. The number of piperazine rings is 1. The highest BCUT2D eigenvalue weighted by atomic mass is 16.5. The van der Waals surface area contributed by atoms with E-state index in [1.165, 1.54) is 0 Å². The zero-order valence-corrected chi connectivity index (χ0v) is 10.6. The Kier molecular flexibility index (Phi) is 2.96. The van der Waals surface area contributed by atoms with Crippen molar-refractivity contribution >= 4 is 5.91 Å². The molecule has 1 saturated heterocycles. The Morgan fingerprint density at radius 2 is 2.39 bits per heavy atom. The van der Waals surface area contributed by atoms with Gasteiger partial charge < -0.3 is 15.0 Å². The largest absolute Gasteiger partial charge is 0.493 e. The van der Waals surface area contributed by atoms with E-state index in [0.717, 1.165) is 49.5 Å². The van der Waals surface area contributed by atoms with Crippen LogP contribution in [-0.2, 0) is 6.42 Å². The molecule has 1 fully saturated rings. The van der Waals surface area contributed by atoms with Crippen molar-refractivity contribution in [3.63, 3.8) is 0 Å². The van der Waals surface area contributed by atoms with Gasteiger partial charge in [-0.15, -0.1) is 0 Å². The third-order valence-electron chi connectivity index (χ3n) is 3.70. The van der Waals surface area contributed by atoms with E-state index < -0.39 is 0 Å². The Morgan fingerprint density at radius 3 is 3.22 bits per heavy atom. The minimum atomic E-state index is 0.138. The fraction of sp³-hybridized carbons (Fsp3) is 0.500. The van der Waals surface area contributed by atoms with Gasteiger partial charge in [0, 0.05) is 37.7 Å². The Hall–Kier alpha value is -1.55. The van der Waals surface area contributed by atoms with Crippen LogP contribution in [-0.4, -0.2) is 43.1 Å². The molecule has 96 valence electrons. The molecule has 2 heterocycles. The Labute approximate surface area is 107 Å². The lowest BCUT2D eigenvalue weighted by Crippen LogP contribution is -2.52. The molecule has 2 aliphatic heterocycles. The predicted molar refractivity (Wildman–Crippen MR) is 69.0 cm³/mol. The average molecular weight is 246 g/mol. The number of nitrogens with one attached hydrogen (secondary N) is 1. The molecule has 1 unspecified atom stereocenters. The molecule has 1 atom stereocenters. The number of hydrogen-bond acceptors (Lipinski definition) is 3. The summed E-state index contributed by atoms with van der Waals surface area (Å²) >= 11 is 0. The van der Waals surface area contributed by atoms with Crippen LogP contribution in [0.15, 0.2) is 18.2 Å². The van der Waals surface area contributed by atoms with Gasteiger partial charge in [-0.2, -0.15) is 0 Å². The van der Waals surface area contributed by atoms with Crippen LogP contribution in [0.5, 0.6) is 5.75 Å². The highest BCUT2D eigenvalue weighted by Crippen LogP contribution is 2.26. The summed E-state index contributed by atoms with van der Waals surface area (Å²) in [5.41, 5.74) is 1.94. The molecule has 3 rings (SSSR count). The number of carbonyl (C=O) groups is 1. The minimum absolute atomic E-state index is 0.138. The number of rotatable bonds is 1. The number of nitrogens with zero attached hydrogens (tertiary/aromatic N) is 1. The van der Waals surface area contributed by atoms with E-state index in [1.807, 2.05) is 23.1 Å². The van der Waals surface area contributed by atoms with Gasteiger partial charge in [0.1, 0.15) is 5.75 Å². The zero-order valence-electron chi connectivity index (χ0n) is 10.6. The number of hydrogen-bond donors (Lipinski definition) is 1. The molecule has 18 heavy (non-hydrogen) atoms. The Morgan fingerprint density at radius 1 is 1.50 bits per heavy atom. The van der Waals surface area contributed by atoms with Crippen LogP contribution < -0.4 is 10.1 Å². The molecule has 2 aliphatic rings. The van der Waals surface area contributed by atoms with Crippen molar-refractivity contribution in [3.05, 3.63) is 29.3 Å². The molecule has 1 aromatic carbocycles. The van der Waals surface area contributed by atoms with Crippen molar-refractivity contribution in [3.8, 4) is 5.75 Å². The van der Waals surface area contributed by atoms with Gasteiger partial charge in [-0.3, -0.25) is 4.79 Å². The number of ether oxygens (including phenoxy) is 1. The molecule has 1 aromatic rings. The Balaban J connectivity index is 1.83. The van der Waals surface area contributed by atoms with Crippen LogP contribution in [0, 0.1) is 0 Å². The molecule has 1 N–H and O–H groups in total. The molecule has 0 aliphatic carbocycles. The van der Waals surface area contributed by atoms with Crippen LogP contribution in [0.25, 0.3) is 0 Å². The maximum atomic E-state index is 12.5. The average Bonchev–Trinajstić information content (AvgIpc) is 2.85. The van der Waals surface area contributed by atoms with Crippen molar-refractivity contribution < 1.29 is 9.53 Å². The molecule has 0 aromatic heterocycles. The van der Waals surface area contributed by atoms with Gasteiger partial charge in [-0.25, -0.2) is 0 Å². The lowest BCUT2D eigenvalue weighted by molar-refractivity contribution is 0.0655. The summed E-state index contributed by atoms with van der Waals surface area (Å²) in [5.74, 6) is 1.07. The second-order valence-electron chi connectivity index (χ2n) is 4.97. The quantitative estimate of drug-likeness (QED) is 0.805. The van der Waals surface area contributed by atoms with Gasteiger partial charge in [0.05, 0.1) is 6.61 Å². The molecular weight excluding hydrogens is 228 g/mol. The fourth-order valence-corrected chi connectivity index (χ4v) is 2.63. The number of carbonyl (C=O) groups excluding carboxylic acids is 1. The smallest absolute Gasteiger partial charge is 0.254 e. The summed E-state index contributed by atoms with van der Waals surface area (Å²) < 4.78 is 5.46. The minimum Gasteiger partial charge on any atom is -0.493 e. The topological polar surface area (TPSA) is 41.6 Å². The van der Waals surface area contributed by atoms with Gasteiger partial charge in [0.15, 0.2) is 0 Å². The summed E-state index contributed by atoms with van der Waals surface area (Å²) in [6.45, 7) is 5.36. The summed E-state index contributed by atoms with van der Waals surface area (Å²) in [6, 6.07) is 6.04. The van der Waals surface area contributed by atoms with Crippen molar-refractivity contribution in [2.75, 3.05) is 26.2 Å². The third-order valence-corrected chi connectivity index (χ3v) is 3.70. The molecule has 1 amide bonds. The lowest BCUT2D eigenvalue weighted by atomic mass is 10.1. The van der Waals surface area contributed by atoms with Crippen molar-refractivity contribution in [1.29, 1.82) is 0 Å². The van der Waals surface area contributed by atoms with E-state index in [-0.39, 0.29) is 11.9 Å². The summed E-state index contributed by atoms with van der Waals surface area (Å²) in [7, 11) is 0. The van der Waals surface area contributed by atoms with E-state index in [0.29, 0.717) is 0 Å². The monoisotopic (exact) mass is 246 g/mol. The van der Waals surface area contributed by atoms with Crippen LogP contribution in [0.2, 0.25) is 0 Å². The normalized spacial score (nSPS) is 22.5. The summed E-state index contributed by atoms with van der Waals surface area (Å²) in [4.78, 5) is 14.4. The van der Waals surface area contributed by atoms with Gasteiger partial charge in [0.25, 0.3) is 5.91 Å². The summed E-state index contributed by atoms with van der Waals surface area (Å²) in [6.07, 6.45) is 0.910. The van der Waals surface area contributed by atoms with Crippen LogP contribution in [0.4, 0.5) is 0 Å². The maximum absolute atomic E-state index is 12.5. The standard InChI is InChI=1S/C14H18N2O2/c1-10-9-15-5-6-16(10)14(17)12-2-3-13-11(8-12)4-7-18-13/h2-3,8,10,15H,4-7,9H2,1H3. The first-order valence-electron chi connectivity index (χ1n) is 6.53. The molecule has 4 heteroatoms. The van der Waals surface area contributed by atoms with Crippen LogP contribution >= 0.6 is 0 Å². The SMILES string of the molecule is CC1CNCCN1C(=O)c1ccc2c(c1)CCO2. The lowest BCUT2D eigenvalue weighted by Gasteiger charge is -2.34. The first-order valence-corrected chi connectivity index (χ1v) is 6.53. The van der Waals surface area contributed by atoms with Crippen LogP contribution in [0.3, 0.4) is 0 Å². The molecule has 0 saturated carbocycles. The van der Waals surface area contributed by atoms with Gasteiger partial charge in [-0.05, 0) is 30.7 Å². The second-order valence-corrected chi connectivity index (χ2v) is 4.97.